The molecule has 0 saturated carbocycles. The lowest BCUT2D eigenvalue weighted by atomic mass is 9.73. The second-order valence-electron chi connectivity index (χ2n) is 11.3. The Kier molecular flexibility index (Phi) is 7.78. The van der Waals surface area contributed by atoms with Crippen molar-refractivity contribution in [3.8, 4) is 11.6 Å². The van der Waals surface area contributed by atoms with E-state index in [1.807, 2.05) is 42.5 Å². The highest BCUT2D eigenvalue weighted by Gasteiger charge is 2.42. The van der Waals surface area contributed by atoms with Crippen molar-refractivity contribution in [3.05, 3.63) is 90.1 Å². The molecular weight excluding hydrogens is 510 g/mol. The third-order valence-electron chi connectivity index (χ3n) is 8.92. The molecule has 3 fully saturated rings. The lowest BCUT2D eigenvalue weighted by Gasteiger charge is -2.50. The van der Waals surface area contributed by atoms with Crippen LogP contribution in [0.4, 0.5) is 0 Å². The third-order valence-corrected chi connectivity index (χ3v) is 8.92. The average Bonchev–Trinajstić information content (AvgIpc) is 3.02. The van der Waals surface area contributed by atoms with Crippen LogP contribution >= 0.6 is 0 Å². The number of hydrogen-bond donors (Lipinski definition) is 1. The predicted octanol–water partition coefficient (Wildman–Crippen LogP) is 6.74. The van der Waals surface area contributed by atoms with E-state index in [4.69, 9.17) is 19.4 Å². The lowest BCUT2D eigenvalue weighted by Crippen LogP contribution is -2.54. The quantitative estimate of drug-likeness (QED) is 0.221. The van der Waals surface area contributed by atoms with Gasteiger partial charge in [-0.15, -0.1) is 6.58 Å². The van der Waals surface area contributed by atoms with E-state index in [-0.39, 0.29) is 6.04 Å². The molecule has 41 heavy (non-hydrogen) atoms. The highest BCUT2D eigenvalue weighted by atomic mass is 16.5. The number of fused-ring (bicyclic) bond motifs is 5. The Morgan fingerprint density at radius 3 is 2.71 bits per heavy atom. The highest BCUT2D eigenvalue weighted by Crippen LogP contribution is 2.43. The van der Waals surface area contributed by atoms with Crippen LogP contribution < -0.4 is 9.47 Å². The van der Waals surface area contributed by atoms with Gasteiger partial charge in [-0.2, -0.15) is 0 Å². The van der Waals surface area contributed by atoms with Crippen LogP contribution in [0.3, 0.4) is 0 Å². The van der Waals surface area contributed by atoms with Gasteiger partial charge < -0.3 is 14.6 Å². The lowest BCUT2D eigenvalue weighted by molar-refractivity contribution is -0.0445. The summed E-state index contributed by atoms with van der Waals surface area (Å²) >= 11 is 0. The van der Waals surface area contributed by atoms with Crippen LogP contribution in [0.5, 0.6) is 11.6 Å². The normalized spacial score (nSPS) is 22.5. The van der Waals surface area contributed by atoms with Crippen molar-refractivity contribution >= 4 is 27.9 Å². The molecule has 2 aromatic heterocycles. The molecule has 7 rings (SSSR count). The van der Waals surface area contributed by atoms with E-state index < -0.39 is 6.10 Å². The molecule has 212 valence electrons. The van der Waals surface area contributed by atoms with Gasteiger partial charge in [-0.25, -0.2) is 4.98 Å². The number of piperidine rings is 3. The fourth-order valence-electron chi connectivity index (χ4n) is 6.88. The summed E-state index contributed by atoms with van der Waals surface area (Å²) in [6, 6.07) is 16.2. The van der Waals surface area contributed by atoms with Gasteiger partial charge in [-0.1, -0.05) is 43.9 Å². The van der Waals surface area contributed by atoms with Gasteiger partial charge in [0.25, 0.3) is 0 Å². The van der Waals surface area contributed by atoms with Gasteiger partial charge in [0.2, 0.25) is 5.88 Å². The molecule has 0 aliphatic carbocycles. The van der Waals surface area contributed by atoms with Crippen LogP contribution in [0, 0.1) is 11.8 Å². The molecule has 6 nitrogen and oxygen atoms in total. The molecular formula is C35H39N3O3. The number of rotatable bonds is 10. The van der Waals surface area contributed by atoms with E-state index in [0.717, 1.165) is 82.3 Å². The van der Waals surface area contributed by atoms with Crippen LogP contribution in [0.1, 0.15) is 54.7 Å². The number of para-hydroxylation sites is 1. The highest BCUT2D eigenvalue weighted by molar-refractivity contribution is 5.94. The first kappa shape index (κ1) is 27.4. The number of hydrogen-bond acceptors (Lipinski definition) is 6. The summed E-state index contributed by atoms with van der Waals surface area (Å²) < 4.78 is 11.6. The average molecular weight is 550 g/mol. The zero-order valence-corrected chi connectivity index (χ0v) is 24.1. The SMILES string of the molecule is C=Cc1c(OC)ccc2nc(Cc3cc(OCCC)nc4ccccc34)cc([C@@H](O)[C@@H]3CC4CCN3C[C@@H]4C=C)c12. The van der Waals surface area contributed by atoms with Crippen molar-refractivity contribution in [3.63, 3.8) is 0 Å². The number of methoxy groups -OCH3 is 1. The Bertz CT molecular complexity index is 1600. The molecule has 5 heterocycles. The van der Waals surface area contributed by atoms with Crippen molar-refractivity contribution in [1.82, 2.24) is 14.9 Å². The zero-order valence-electron chi connectivity index (χ0n) is 24.1. The molecule has 2 aromatic carbocycles. The molecule has 0 spiro atoms. The first-order chi connectivity index (χ1) is 20.0. The monoisotopic (exact) mass is 549 g/mol. The van der Waals surface area contributed by atoms with Crippen LogP contribution in [0.2, 0.25) is 0 Å². The van der Waals surface area contributed by atoms with E-state index in [1.54, 1.807) is 7.11 Å². The summed E-state index contributed by atoms with van der Waals surface area (Å²) in [5.74, 6) is 2.40. The summed E-state index contributed by atoms with van der Waals surface area (Å²) in [4.78, 5) is 12.3. The van der Waals surface area contributed by atoms with Crippen molar-refractivity contribution in [2.45, 2.75) is 44.8 Å². The van der Waals surface area contributed by atoms with Crippen molar-refractivity contribution in [2.75, 3.05) is 26.8 Å². The zero-order chi connectivity index (χ0) is 28.5. The minimum atomic E-state index is -0.670. The molecule has 0 amide bonds. The maximum Gasteiger partial charge on any atom is 0.214 e. The van der Waals surface area contributed by atoms with Gasteiger partial charge in [-0.05, 0) is 73.0 Å². The van der Waals surface area contributed by atoms with Crippen LogP contribution in [0.25, 0.3) is 27.9 Å². The van der Waals surface area contributed by atoms with Crippen molar-refractivity contribution in [2.24, 2.45) is 11.8 Å². The fourth-order valence-corrected chi connectivity index (χ4v) is 6.88. The number of nitrogens with zero attached hydrogens (tertiary/aromatic N) is 3. The molecule has 5 atom stereocenters. The number of aliphatic hydroxyl groups excluding tert-OH is 1. The molecule has 3 saturated heterocycles. The van der Waals surface area contributed by atoms with E-state index in [1.165, 1.54) is 0 Å². The molecule has 3 aliphatic heterocycles. The minimum absolute atomic E-state index is 0.0445. The minimum Gasteiger partial charge on any atom is -0.496 e. The largest absolute Gasteiger partial charge is 0.496 e. The number of aliphatic hydroxyl groups is 1. The Balaban J connectivity index is 1.47. The van der Waals surface area contributed by atoms with Crippen LogP contribution in [0.15, 0.2) is 67.8 Å². The summed E-state index contributed by atoms with van der Waals surface area (Å²) in [6.07, 6.45) is 6.86. The molecule has 0 radical (unpaired) electrons. The van der Waals surface area contributed by atoms with Crippen molar-refractivity contribution in [1.29, 1.82) is 0 Å². The second-order valence-corrected chi connectivity index (χ2v) is 11.3. The first-order valence-electron chi connectivity index (χ1n) is 14.7. The van der Waals surface area contributed by atoms with E-state index in [0.29, 0.717) is 30.7 Å². The van der Waals surface area contributed by atoms with E-state index in [2.05, 4.69) is 43.2 Å². The van der Waals surface area contributed by atoms with E-state index in [9.17, 15) is 5.11 Å². The topological polar surface area (TPSA) is 67.7 Å². The Labute approximate surface area is 242 Å². The van der Waals surface area contributed by atoms with Gasteiger partial charge >= 0.3 is 0 Å². The number of benzene rings is 2. The number of pyridine rings is 2. The Hall–Kier alpha value is -3.74. The number of aromatic nitrogens is 2. The molecule has 2 unspecified atom stereocenters. The molecule has 3 aliphatic rings. The summed E-state index contributed by atoms with van der Waals surface area (Å²) in [6.45, 7) is 12.8. The van der Waals surface area contributed by atoms with Gasteiger partial charge in [-0.3, -0.25) is 9.88 Å². The first-order valence-corrected chi connectivity index (χ1v) is 14.7. The van der Waals surface area contributed by atoms with Gasteiger partial charge in [0.05, 0.1) is 30.9 Å². The molecule has 2 bridgehead atoms. The van der Waals surface area contributed by atoms with Crippen LogP contribution in [-0.2, 0) is 6.42 Å². The van der Waals surface area contributed by atoms with Gasteiger partial charge in [0.15, 0.2) is 0 Å². The third kappa shape index (κ3) is 5.11. The Morgan fingerprint density at radius 2 is 1.98 bits per heavy atom. The van der Waals surface area contributed by atoms with Gasteiger partial charge in [0, 0.05) is 47.1 Å². The molecule has 4 aromatic rings. The summed E-state index contributed by atoms with van der Waals surface area (Å²) in [7, 11) is 1.67. The summed E-state index contributed by atoms with van der Waals surface area (Å²) in [5.41, 5.74) is 5.46. The second kappa shape index (κ2) is 11.6. The maximum atomic E-state index is 12.1. The van der Waals surface area contributed by atoms with Crippen molar-refractivity contribution < 1.29 is 14.6 Å². The smallest absolute Gasteiger partial charge is 0.214 e. The molecule has 6 heteroatoms. The maximum absolute atomic E-state index is 12.1. The number of ether oxygens (including phenoxy) is 2. The van der Waals surface area contributed by atoms with Crippen LogP contribution in [-0.4, -0.2) is 52.8 Å². The summed E-state index contributed by atoms with van der Waals surface area (Å²) in [5, 5.41) is 14.1. The van der Waals surface area contributed by atoms with E-state index >= 15 is 0 Å². The van der Waals surface area contributed by atoms with Gasteiger partial charge in [0.1, 0.15) is 5.75 Å². The molecule has 1 N–H and O–H groups in total. The predicted molar refractivity (Wildman–Crippen MR) is 165 cm³/mol. The standard InChI is InChI=1S/C35H39N3O3/c1-5-16-41-33-19-24(27-10-8-9-11-29(27)37-33)17-25-20-28(34-26(7-3)32(40-4)13-12-30(34)36-25)35(39)31-18-23-14-15-38(31)21-22(23)6-2/h6-13,19-20,22-23,31,35,39H,2-3,5,14-18,21H2,1,4H3/t22-,23?,31-,35+/m0/s1. The fraction of sp³-hybridized carbons (Fsp3) is 0.371. The Morgan fingerprint density at radius 1 is 1.12 bits per heavy atom.